The Morgan fingerprint density at radius 1 is 1.50 bits per heavy atom. The van der Waals surface area contributed by atoms with Crippen molar-refractivity contribution in [2.24, 2.45) is 0 Å². The number of aliphatic hydroxyl groups excluding tert-OH is 1. The van der Waals surface area contributed by atoms with Crippen molar-refractivity contribution in [3.8, 4) is 0 Å². The quantitative estimate of drug-likeness (QED) is 0.891. The van der Waals surface area contributed by atoms with Gasteiger partial charge in [-0.05, 0) is 24.6 Å². The molecule has 0 aliphatic carbocycles. The van der Waals surface area contributed by atoms with Crippen LogP contribution in [0.1, 0.15) is 18.5 Å². The zero-order valence-electron chi connectivity index (χ0n) is 9.19. The summed E-state index contributed by atoms with van der Waals surface area (Å²) in [5.74, 6) is 0. The van der Waals surface area contributed by atoms with E-state index in [0.29, 0.717) is 13.2 Å². The fourth-order valence-corrected chi connectivity index (χ4v) is 2.31. The van der Waals surface area contributed by atoms with E-state index < -0.39 is 6.10 Å². The number of aliphatic hydroxyl groups is 1. The smallest absolute Gasteiger partial charge is 0.0948 e. The second-order valence-corrected chi connectivity index (χ2v) is 5.07. The van der Waals surface area contributed by atoms with E-state index in [1.807, 2.05) is 12.1 Å². The highest BCUT2D eigenvalue weighted by Crippen LogP contribution is 2.19. The number of hydrogen-bond acceptors (Lipinski definition) is 3. The van der Waals surface area contributed by atoms with Crippen LogP contribution >= 0.6 is 15.9 Å². The Morgan fingerprint density at radius 3 is 2.94 bits per heavy atom. The summed E-state index contributed by atoms with van der Waals surface area (Å²) < 4.78 is 6.28. The normalized spacial score (nSPS) is 26.9. The summed E-state index contributed by atoms with van der Waals surface area (Å²) >= 11 is 3.45. The summed E-state index contributed by atoms with van der Waals surface area (Å²) in [6, 6.07) is 8.42. The van der Waals surface area contributed by atoms with Crippen molar-refractivity contribution in [2.45, 2.75) is 25.1 Å². The van der Waals surface area contributed by atoms with E-state index in [-0.39, 0.29) is 12.1 Å². The van der Waals surface area contributed by atoms with Crippen molar-refractivity contribution in [3.63, 3.8) is 0 Å². The molecule has 3 atom stereocenters. The van der Waals surface area contributed by atoms with Gasteiger partial charge in [-0.25, -0.2) is 0 Å². The molecular weight excluding hydrogens is 270 g/mol. The minimum atomic E-state index is -0.394. The zero-order chi connectivity index (χ0) is 11.5. The molecule has 1 heterocycles. The molecule has 1 aromatic rings. The predicted molar refractivity (Wildman–Crippen MR) is 66.3 cm³/mol. The molecule has 16 heavy (non-hydrogen) atoms. The molecule has 1 aliphatic rings. The Hall–Kier alpha value is -0.420. The molecule has 0 saturated carbocycles. The van der Waals surface area contributed by atoms with Crippen molar-refractivity contribution < 1.29 is 9.84 Å². The second kappa shape index (κ2) is 5.27. The molecule has 88 valence electrons. The minimum Gasteiger partial charge on any atom is -0.389 e. The van der Waals surface area contributed by atoms with Gasteiger partial charge in [-0.3, -0.25) is 0 Å². The first-order valence-corrected chi connectivity index (χ1v) is 6.23. The summed E-state index contributed by atoms with van der Waals surface area (Å²) in [7, 11) is 0. The SMILES string of the molecule is C[C@@H](NC1COCC1O)c1cccc(Br)c1. The van der Waals surface area contributed by atoms with Gasteiger partial charge in [0.15, 0.2) is 0 Å². The lowest BCUT2D eigenvalue weighted by Crippen LogP contribution is -2.40. The van der Waals surface area contributed by atoms with Crippen LogP contribution < -0.4 is 5.32 Å². The van der Waals surface area contributed by atoms with Crippen molar-refractivity contribution in [2.75, 3.05) is 13.2 Å². The first-order valence-electron chi connectivity index (χ1n) is 5.44. The van der Waals surface area contributed by atoms with E-state index in [4.69, 9.17) is 4.74 Å². The summed E-state index contributed by atoms with van der Waals surface area (Å²) in [5, 5.41) is 13.0. The third-order valence-corrected chi connectivity index (χ3v) is 3.36. The van der Waals surface area contributed by atoms with Gasteiger partial charge in [0.2, 0.25) is 0 Å². The molecule has 0 aromatic heterocycles. The number of nitrogens with one attached hydrogen (secondary N) is 1. The van der Waals surface area contributed by atoms with Crippen LogP contribution in [0.2, 0.25) is 0 Å². The van der Waals surface area contributed by atoms with E-state index in [1.54, 1.807) is 0 Å². The van der Waals surface area contributed by atoms with Gasteiger partial charge in [0.05, 0.1) is 25.4 Å². The Morgan fingerprint density at radius 2 is 2.31 bits per heavy atom. The fraction of sp³-hybridized carbons (Fsp3) is 0.500. The van der Waals surface area contributed by atoms with Gasteiger partial charge in [0.25, 0.3) is 0 Å². The van der Waals surface area contributed by atoms with Crippen LogP contribution in [0.5, 0.6) is 0 Å². The largest absolute Gasteiger partial charge is 0.389 e. The molecule has 0 amide bonds. The van der Waals surface area contributed by atoms with Crippen LogP contribution in [-0.2, 0) is 4.74 Å². The molecule has 0 spiro atoms. The van der Waals surface area contributed by atoms with Gasteiger partial charge in [0, 0.05) is 10.5 Å². The van der Waals surface area contributed by atoms with E-state index >= 15 is 0 Å². The topological polar surface area (TPSA) is 41.5 Å². The molecule has 2 rings (SSSR count). The summed E-state index contributed by atoms with van der Waals surface area (Å²) in [6.07, 6.45) is -0.394. The summed E-state index contributed by atoms with van der Waals surface area (Å²) in [5.41, 5.74) is 1.20. The molecule has 3 nitrogen and oxygen atoms in total. The number of halogens is 1. The van der Waals surface area contributed by atoms with Crippen molar-refractivity contribution in [1.82, 2.24) is 5.32 Å². The van der Waals surface area contributed by atoms with Gasteiger partial charge in [-0.1, -0.05) is 28.1 Å². The molecular formula is C12H16BrNO2. The van der Waals surface area contributed by atoms with E-state index in [0.717, 1.165) is 4.47 Å². The highest BCUT2D eigenvalue weighted by molar-refractivity contribution is 9.10. The highest BCUT2D eigenvalue weighted by atomic mass is 79.9. The fourth-order valence-electron chi connectivity index (χ4n) is 1.90. The van der Waals surface area contributed by atoms with Crippen molar-refractivity contribution in [1.29, 1.82) is 0 Å². The molecule has 1 aromatic carbocycles. The van der Waals surface area contributed by atoms with Gasteiger partial charge < -0.3 is 15.2 Å². The van der Waals surface area contributed by atoms with Gasteiger partial charge in [0.1, 0.15) is 0 Å². The van der Waals surface area contributed by atoms with Crippen LogP contribution in [0.3, 0.4) is 0 Å². The Kier molecular flexibility index (Phi) is 3.97. The van der Waals surface area contributed by atoms with Crippen LogP contribution in [0, 0.1) is 0 Å². The monoisotopic (exact) mass is 285 g/mol. The van der Waals surface area contributed by atoms with Crippen LogP contribution in [0.4, 0.5) is 0 Å². The van der Waals surface area contributed by atoms with Crippen LogP contribution in [0.15, 0.2) is 28.7 Å². The predicted octanol–water partition coefficient (Wildman–Crippen LogP) is 1.86. The number of rotatable bonds is 3. The first-order chi connectivity index (χ1) is 7.66. The van der Waals surface area contributed by atoms with Crippen LogP contribution in [0.25, 0.3) is 0 Å². The number of ether oxygens (including phenoxy) is 1. The third-order valence-electron chi connectivity index (χ3n) is 2.86. The zero-order valence-corrected chi connectivity index (χ0v) is 10.8. The number of hydrogen-bond donors (Lipinski definition) is 2. The molecule has 1 saturated heterocycles. The third kappa shape index (κ3) is 2.83. The highest BCUT2D eigenvalue weighted by Gasteiger charge is 2.27. The maximum Gasteiger partial charge on any atom is 0.0948 e. The summed E-state index contributed by atoms with van der Waals surface area (Å²) in [6.45, 7) is 3.11. The molecule has 0 radical (unpaired) electrons. The van der Waals surface area contributed by atoms with E-state index in [2.05, 4.69) is 40.3 Å². The maximum atomic E-state index is 9.64. The minimum absolute atomic E-state index is 0.0361. The van der Waals surface area contributed by atoms with E-state index in [1.165, 1.54) is 5.56 Å². The Labute approximate surface area is 104 Å². The molecule has 2 unspecified atom stereocenters. The summed E-state index contributed by atoms with van der Waals surface area (Å²) in [4.78, 5) is 0. The lowest BCUT2D eigenvalue weighted by molar-refractivity contribution is 0.121. The molecule has 1 fully saturated rings. The lowest BCUT2D eigenvalue weighted by Gasteiger charge is -2.21. The van der Waals surface area contributed by atoms with Crippen molar-refractivity contribution >= 4 is 15.9 Å². The molecule has 4 heteroatoms. The molecule has 2 N–H and O–H groups in total. The second-order valence-electron chi connectivity index (χ2n) is 4.15. The van der Waals surface area contributed by atoms with Gasteiger partial charge in [-0.2, -0.15) is 0 Å². The maximum absolute atomic E-state index is 9.64. The lowest BCUT2D eigenvalue weighted by atomic mass is 10.1. The Balaban J connectivity index is 1.99. The molecule has 0 bridgehead atoms. The van der Waals surface area contributed by atoms with Gasteiger partial charge in [-0.15, -0.1) is 0 Å². The van der Waals surface area contributed by atoms with Gasteiger partial charge >= 0.3 is 0 Å². The van der Waals surface area contributed by atoms with Crippen LogP contribution in [-0.4, -0.2) is 30.5 Å². The standard InChI is InChI=1S/C12H16BrNO2/c1-8(9-3-2-4-10(13)5-9)14-11-6-16-7-12(11)15/h2-5,8,11-12,14-15H,6-7H2,1H3/t8-,11?,12?/m1/s1. The molecule has 1 aliphatic heterocycles. The average Bonchev–Trinajstić information content (AvgIpc) is 2.64. The van der Waals surface area contributed by atoms with Crippen molar-refractivity contribution in [3.05, 3.63) is 34.3 Å². The average molecular weight is 286 g/mol. The van der Waals surface area contributed by atoms with E-state index in [9.17, 15) is 5.11 Å². The first kappa shape index (κ1) is 12.0. The Bertz CT molecular complexity index is 359. The number of benzene rings is 1.